The summed E-state index contributed by atoms with van der Waals surface area (Å²) < 4.78 is 36.8. The van der Waals surface area contributed by atoms with Crippen molar-refractivity contribution >= 4 is 33.9 Å². The Bertz CT molecular complexity index is 954. The maximum atomic E-state index is 11.1. The second kappa shape index (κ2) is 12.2. The molecule has 168 valence electrons. The molecule has 0 unspecified atom stereocenters. The smallest absolute Gasteiger partial charge is 0.305 e. The van der Waals surface area contributed by atoms with Gasteiger partial charge >= 0.3 is 5.97 Å². The first kappa shape index (κ1) is 24.6. The van der Waals surface area contributed by atoms with Crippen molar-refractivity contribution in [1.82, 2.24) is 0 Å². The molecule has 8 heteroatoms. The van der Waals surface area contributed by atoms with E-state index in [1.54, 1.807) is 0 Å². The number of benzene rings is 1. The minimum atomic E-state index is -3.91. The van der Waals surface area contributed by atoms with E-state index in [1.165, 1.54) is 7.11 Å². The number of anilines is 1. The van der Waals surface area contributed by atoms with Crippen LogP contribution in [0, 0.1) is 0 Å². The van der Waals surface area contributed by atoms with Crippen LogP contribution in [0.4, 0.5) is 5.69 Å². The van der Waals surface area contributed by atoms with Gasteiger partial charge in [0.15, 0.2) is 12.4 Å². The van der Waals surface area contributed by atoms with E-state index in [0.29, 0.717) is 19.4 Å². The monoisotopic (exact) mass is 447 g/mol. The highest BCUT2D eigenvalue weighted by Crippen LogP contribution is 2.16. The zero-order valence-corrected chi connectivity index (χ0v) is 18.9. The molecule has 0 spiro atoms. The molecule has 0 aliphatic carbocycles. The Morgan fingerprint density at radius 1 is 1.03 bits per heavy atom. The van der Waals surface area contributed by atoms with Gasteiger partial charge in [-0.05, 0) is 36.1 Å². The molecule has 0 aliphatic heterocycles. The fourth-order valence-corrected chi connectivity index (χ4v) is 3.53. The molecule has 1 aromatic carbocycles. The molecule has 0 atom stereocenters. The molecule has 0 amide bonds. The summed E-state index contributed by atoms with van der Waals surface area (Å²) in [4.78, 5) is 13.3. The number of methoxy groups -OCH3 is 1. The van der Waals surface area contributed by atoms with Gasteiger partial charge in [0.25, 0.3) is 10.1 Å². The van der Waals surface area contributed by atoms with Crippen LogP contribution in [0.25, 0.3) is 12.2 Å². The van der Waals surface area contributed by atoms with E-state index in [2.05, 4.69) is 33.9 Å². The van der Waals surface area contributed by atoms with Crippen LogP contribution in [0.2, 0.25) is 0 Å². The molecule has 7 nitrogen and oxygen atoms in total. The average molecular weight is 448 g/mol. The van der Waals surface area contributed by atoms with Crippen molar-refractivity contribution in [2.45, 2.75) is 32.2 Å². The second-order valence-corrected chi connectivity index (χ2v) is 8.96. The van der Waals surface area contributed by atoms with E-state index in [1.807, 2.05) is 48.3 Å². The Morgan fingerprint density at radius 2 is 1.65 bits per heavy atom. The summed E-state index contributed by atoms with van der Waals surface area (Å²) >= 11 is 0. The standard InChI is InChI=1S/C23H30N2O5S/c1-24(15-4-3-6-23(26)30-2)22-11-9-20(10-12-22)7-8-21-13-17-25(18-14-21)16-5-19-31(27,28)29/h7-14,17-18H,3-6,15-16,19H2,1-2H3/p+1. The summed E-state index contributed by atoms with van der Waals surface area (Å²) in [6.45, 7) is 1.40. The van der Waals surface area contributed by atoms with Gasteiger partial charge < -0.3 is 9.64 Å². The van der Waals surface area contributed by atoms with Crippen molar-refractivity contribution in [3.05, 3.63) is 59.9 Å². The van der Waals surface area contributed by atoms with Crippen molar-refractivity contribution in [2.75, 3.05) is 31.4 Å². The quantitative estimate of drug-likeness (QED) is 0.233. The third kappa shape index (κ3) is 9.76. The van der Waals surface area contributed by atoms with Crippen LogP contribution in [-0.2, 0) is 26.2 Å². The Balaban J connectivity index is 1.81. The molecule has 1 aromatic heterocycles. The number of aryl methyl sites for hydroxylation is 1. The molecular formula is C23H31N2O5S+. The fourth-order valence-electron chi connectivity index (χ4n) is 3.04. The van der Waals surface area contributed by atoms with Gasteiger partial charge in [-0.3, -0.25) is 9.35 Å². The van der Waals surface area contributed by atoms with Gasteiger partial charge in [-0.1, -0.05) is 24.3 Å². The average Bonchev–Trinajstić information content (AvgIpc) is 2.75. The summed E-state index contributed by atoms with van der Waals surface area (Å²) in [5.41, 5.74) is 3.26. The largest absolute Gasteiger partial charge is 0.469 e. The first-order valence-corrected chi connectivity index (χ1v) is 11.9. The van der Waals surface area contributed by atoms with Crippen molar-refractivity contribution in [1.29, 1.82) is 0 Å². The molecule has 2 aromatic rings. The summed E-state index contributed by atoms with van der Waals surface area (Å²) in [7, 11) is -0.453. The van der Waals surface area contributed by atoms with E-state index >= 15 is 0 Å². The topological polar surface area (TPSA) is 87.8 Å². The Morgan fingerprint density at radius 3 is 2.23 bits per heavy atom. The number of nitrogens with zero attached hydrogens (tertiary/aromatic N) is 2. The lowest BCUT2D eigenvalue weighted by Crippen LogP contribution is -2.33. The number of hydrogen-bond donors (Lipinski definition) is 1. The van der Waals surface area contributed by atoms with E-state index in [9.17, 15) is 13.2 Å². The van der Waals surface area contributed by atoms with Crippen LogP contribution >= 0.6 is 0 Å². The van der Waals surface area contributed by atoms with Crippen LogP contribution in [0.15, 0.2) is 48.8 Å². The normalized spacial score (nSPS) is 11.6. The van der Waals surface area contributed by atoms with Crippen molar-refractivity contribution < 1.29 is 27.1 Å². The third-order valence-electron chi connectivity index (χ3n) is 4.89. The summed E-state index contributed by atoms with van der Waals surface area (Å²) in [5, 5.41) is 0. The fraction of sp³-hybridized carbons (Fsp3) is 0.391. The number of carbonyl (C=O) groups is 1. The van der Waals surface area contributed by atoms with Crippen LogP contribution in [0.1, 0.15) is 36.8 Å². The van der Waals surface area contributed by atoms with Gasteiger partial charge in [0.2, 0.25) is 0 Å². The number of pyridine rings is 1. The third-order valence-corrected chi connectivity index (χ3v) is 5.69. The predicted octanol–water partition coefficient (Wildman–Crippen LogP) is 3.20. The number of ether oxygens (including phenoxy) is 1. The van der Waals surface area contributed by atoms with Gasteiger partial charge in [0.05, 0.1) is 12.9 Å². The minimum absolute atomic E-state index is 0.163. The molecule has 0 bridgehead atoms. The number of esters is 1. The van der Waals surface area contributed by atoms with Crippen molar-refractivity contribution in [3.63, 3.8) is 0 Å². The predicted molar refractivity (Wildman–Crippen MR) is 122 cm³/mol. The van der Waals surface area contributed by atoms with Gasteiger partial charge in [-0.25, -0.2) is 4.57 Å². The molecule has 0 fully saturated rings. The van der Waals surface area contributed by atoms with E-state index in [0.717, 1.165) is 36.2 Å². The molecule has 2 rings (SSSR count). The zero-order valence-electron chi connectivity index (χ0n) is 18.1. The molecule has 1 heterocycles. The molecule has 0 saturated carbocycles. The highest BCUT2D eigenvalue weighted by atomic mass is 32.2. The summed E-state index contributed by atoms with van der Waals surface area (Å²) in [6, 6.07) is 12.2. The van der Waals surface area contributed by atoms with Crippen LogP contribution in [0.5, 0.6) is 0 Å². The highest BCUT2D eigenvalue weighted by Gasteiger charge is 2.07. The van der Waals surface area contributed by atoms with E-state index in [4.69, 9.17) is 4.55 Å². The molecule has 0 saturated heterocycles. The SMILES string of the molecule is COC(=O)CCCCN(C)c1ccc(/C=C/c2cc[n+](CCCS(=O)(=O)O)cc2)cc1. The summed E-state index contributed by atoms with van der Waals surface area (Å²) in [6.07, 6.45) is 10.4. The lowest BCUT2D eigenvalue weighted by Gasteiger charge is -2.19. The maximum Gasteiger partial charge on any atom is 0.305 e. The van der Waals surface area contributed by atoms with Crippen molar-refractivity contribution in [2.24, 2.45) is 0 Å². The number of hydrogen-bond acceptors (Lipinski definition) is 5. The second-order valence-electron chi connectivity index (χ2n) is 7.39. The number of aromatic nitrogens is 1. The van der Waals surface area contributed by atoms with Crippen LogP contribution in [-0.4, -0.2) is 45.4 Å². The first-order chi connectivity index (χ1) is 14.8. The molecule has 31 heavy (non-hydrogen) atoms. The highest BCUT2D eigenvalue weighted by molar-refractivity contribution is 7.85. The minimum Gasteiger partial charge on any atom is -0.469 e. The number of carbonyl (C=O) groups excluding carboxylic acids is 1. The van der Waals surface area contributed by atoms with E-state index < -0.39 is 10.1 Å². The van der Waals surface area contributed by atoms with Gasteiger partial charge in [-0.2, -0.15) is 8.42 Å². The van der Waals surface area contributed by atoms with E-state index in [-0.39, 0.29) is 11.7 Å². The molecule has 1 N–H and O–H groups in total. The molecule has 0 aliphatic rings. The van der Waals surface area contributed by atoms with Gasteiger partial charge in [0.1, 0.15) is 6.54 Å². The number of unbranched alkanes of at least 4 members (excludes halogenated alkanes) is 1. The van der Waals surface area contributed by atoms with Crippen LogP contribution in [0.3, 0.4) is 0 Å². The van der Waals surface area contributed by atoms with Gasteiger partial charge in [0, 0.05) is 44.3 Å². The Hall–Kier alpha value is -2.71. The molecule has 0 radical (unpaired) electrons. The number of rotatable bonds is 12. The van der Waals surface area contributed by atoms with Crippen molar-refractivity contribution in [3.8, 4) is 0 Å². The lowest BCUT2D eigenvalue weighted by atomic mass is 10.1. The maximum absolute atomic E-state index is 11.1. The Kier molecular flexibility index (Phi) is 9.68. The summed E-state index contributed by atoms with van der Waals surface area (Å²) in [5.74, 6) is -0.399. The van der Waals surface area contributed by atoms with Crippen LogP contribution < -0.4 is 9.47 Å². The Labute approximate surface area is 184 Å². The first-order valence-electron chi connectivity index (χ1n) is 10.3. The zero-order chi connectivity index (χ0) is 22.7. The van der Waals surface area contributed by atoms with Gasteiger partial charge in [-0.15, -0.1) is 0 Å². The lowest BCUT2D eigenvalue weighted by molar-refractivity contribution is -0.696. The molecular weight excluding hydrogens is 416 g/mol.